The van der Waals surface area contributed by atoms with Crippen LogP contribution in [0.1, 0.15) is 52.5 Å². The lowest BCUT2D eigenvalue weighted by Crippen LogP contribution is -2.46. The van der Waals surface area contributed by atoms with Crippen LogP contribution >= 0.6 is 0 Å². The van der Waals surface area contributed by atoms with Gasteiger partial charge in [0, 0.05) is 20.3 Å². The summed E-state index contributed by atoms with van der Waals surface area (Å²) in [5, 5.41) is 9.21. The Morgan fingerprint density at radius 3 is 2.12 bits per heavy atom. The lowest BCUT2D eigenvalue weighted by Gasteiger charge is -2.19. The van der Waals surface area contributed by atoms with Gasteiger partial charge in [0.05, 0.1) is 6.04 Å². The van der Waals surface area contributed by atoms with E-state index in [1.165, 1.54) is 12.1 Å². The van der Waals surface area contributed by atoms with Gasteiger partial charge < -0.3 is 24.9 Å². The Balaban J connectivity index is 0. The first-order valence-corrected chi connectivity index (χ1v) is 12.5. The largest absolute Gasteiger partial charge is 0.488 e. The molecular weight excluding hydrogens is 437 g/mol. The molecule has 8 nitrogen and oxygen atoms in total. The molecule has 0 bridgehead atoms. The van der Waals surface area contributed by atoms with E-state index in [0.29, 0.717) is 26.1 Å². The number of hydrogen-bond donors (Lipinski definition) is 3. The minimum Gasteiger partial charge on any atom is -0.385 e. The molecule has 1 amide bonds. The Labute approximate surface area is 194 Å². The maximum absolute atomic E-state index is 12.6. The molecule has 0 aromatic heterocycles. The maximum atomic E-state index is 12.6. The third kappa shape index (κ3) is 17.9. The van der Waals surface area contributed by atoms with Crippen molar-refractivity contribution in [1.82, 2.24) is 16.0 Å². The molecule has 0 fully saturated rings. The summed E-state index contributed by atoms with van der Waals surface area (Å²) in [6.45, 7) is 10.7. The van der Waals surface area contributed by atoms with Crippen molar-refractivity contribution < 1.29 is 26.0 Å². The summed E-state index contributed by atoms with van der Waals surface area (Å²) >= 11 is 0. The number of halogens is 1. The highest BCUT2D eigenvalue weighted by Crippen LogP contribution is 2.16. The van der Waals surface area contributed by atoms with Crippen molar-refractivity contribution in [1.29, 1.82) is 0 Å². The van der Waals surface area contributed by atoms with Crippen LogP contribution in [0.5, 0.6) is 5.75 Å². The molecule has 0 unspecified atom stereocenters. The monoisotopic (exact) mass is 479 g/mol. The maximum Gasteiger partial charge on any atom is 0.488 e. The van der Waals surface area contributed by atoms with Gasteiger partial charge in [-0.1, -0.05) is 43.7 Å². The Kier molecular flexibility index (Phi) is 21.4. The molecule has 0 radical (unpaired) electrons. The molecule has 10 heteroatoms. The first-order valence-electron chi connectivity index (χ1n) is 11.2. The number of benzene rings is 1. The third-order valence-electron chi connectivity index (χ3n) is 3.94. The van der Waals surface area contributed by atoms with E-state index in [-0.39, 0.29) is 11.7 Å². The SMILES string of the molecule is CC.CC.CNCCCCNC(=O)[C@H](Cc1ccc(OS(=O)(=O)F)cc1)NCCCOC. The molecule has 1 atom stereocenters. The molecule has 0 aliphatic carbocycles. The summed E-state index contributed by atoms with van der Waals surface area (Å²) in [7, 11) is -1.55. The number of methoxy groups -OCH3 is 1. The molecule has 1 rings (SSSR count). The molecule has 188 valence electrons. The van der Waals surface area contributed by atoms with Gasteiger partial charge in [0.25, 0.3) is 0 Å². The van der Waals surface area contributed by atoms with Gasteiger partial charge in [0.1, 0.15) is 5.75 Å². The molecule has 0 spiro atoms. The number of amides is 1. The predicted molar refractivity (Wildman–Crippen MR) is 128 cm³/mol. The first kappa shape index (κ1) is 32.4. The van der Waals surface area contributed by atoms with Crippen molar-refractivity contribution >= 4 is 16.4 Å². The predicted octanol–water partition coefficient (Wildman–Crippen LogP) is 2.99. The van der Waals surface area contributed by atoms with E-state index in [0.717, 1.165) is 31.4 Å². The number of unbranched alkanes of at least 4 members (excludes halogenated alkanes) is 1. The Morgan fingerprint density at radius 1 is 1.00 bits per heavy atom. The number of rotatable bonds is 15. The fourth-order valence-electron chi connectivity index (χ4n) is 2.54. The molecule has 1 aromatic carbocycles. The van der Waals surface area contributed by atoms with Crippen molar-refractivity contribution in [3.8, 4) is 5.75 Å². The zero-order chi connectivity index (χ0) is 24.8. The van der Waals surface area contributed by atoms with Crippen LogP contribution in [-0.2, 0) is 26.5 Å². The average molecular weight is 480 g/mol. The standard InChI is InChI=1S/C18H30FN3O5S.2C2H6/c1-20-10-3-4-11-22-18(23)17(21-12-5-13-26-2)14-15-6-8-16(9-7-15)27-28(19,24)25;2*1-2/h6-9,17,20-21H,3-5,10-14H2,1-2H3,(H,22,23);2*1-2H3/t17-;;/m0../s1. The number of ether oxygens (including phenoxy) is 1. The van der Waals surface area contributed by atoms with Gasteiger partial charge >= 0.3 is 10.5 Å². The lowest BCUT2D eigenvalue weighted by atomic mass is 10.0. The van der Waals surface area contributed by atoms with Crippen LogP contribution in [0.25, 0.3) is 0 Å². The molecule has 32 heavy (non-hydrogen) atoms. The second-order valence-corrected chi connectivity index (χ2v) is 7.23. The zero-order valence-corrected chi connectivity index (χ0v) is 21.2. The quantitative estimate of drug-likeness (QED) is 0.262. The van der Waals surface area contributed by atoms with Gasteiger partial charge in [-0.2, -0.15) is 8.42 Å². The fourth-order valence-corrected chi connectivity index (χ4v) is 2.88. The van der Waals surface area contributed by atoms with Gasteiger partial charge in [0.2, 0.25) is 5.91 Å². The highest BCUT2D eigenvalue weighted by molar-refractivity contribution is 7.81. The summed E-state index contributed by atoms with van der Waals surface area (Å²) in [6, 6.07) is 5.46. The van der Waals surface area contributed by atoms with Crippen LogP contribution in [0.3, 0.4) is 0 Å². The van der Waals surface area contributed by atoms with Crippen molar-refractivity contribution in [2.45, 2.75) is 59.4 Å². The highest BCUT2D eigenvalue weighted by atomic mass is 32.3. The summed E-state index contributed by atoms with van der Waals surface area (Å²) in [6.07, 6.45) is 3.02. The Morgan fingerprint density at radius 2 is 1.59 bits per heavy atom. The van der Waals surface area contributed by atoms with E-state index < -0.39 is 16.5 Å². The van der Waals surface area contributed by atoms with Gasteiger partial charge in [-0.15, -0.1) is 0 Å². The first-order chi connectivity index (χ1) is 15.4. The number of nitrogens with one attached hydrogen (secondary N) is 3. The number of hydrogen-bond acceptors (Lipinski definition) is 7. The van der Waals surface area contributed by atoms with E-state index in [2.05, 4.69) is 20.1 Å². The van der Waals surface area contributed by atoms with Crippen LogP contribution < -0.4 is 20.1 Å². The summed E-state index contributed by atoms with van der Waals surface area (Å²) < 4.78 is 42.8. The van der Waals surface area contributed by atoms with E-state index in [9.17, 15) is 17.1 Å². The summed E-state index contributed by atoms with van der Waals surface area (Å²) in [4.78, 5) is 12.5. The molecular formula is C22H42FN3O5S. The summed E-state index contributed by atoms with van der Waals surface area (Å²) in [5.74, 6) is -0.224. The normalized spacial score (nSPS) is 11.3. The Bertz CT molecular complexity index is 673. The molecule has 0 heterocycles. The van der Waals surface area contributed by atoms with E-state index in [1.807, 2.05) is 34.7 Å². The molecule has 0 aliphatic heterocycles. The van der Waals surface area contributed by atoms with E-state index in [4.69, 9.17) is 4.74 Å². The van der Waals surface area contributed by atoms with E-state index >= 15 is 0 Å². The molecule has 0 aliphatic rings. The fraction of sp³-hybridized carbons (Fsp3) is 0.682. The van der Waals surface area contributed by atoms with Crippen molar-refractivity contribution in [3.05, 3.63) is 29.8 Å². The van der Waals surface area contributed by atoms with Crippen molar-refractivity contribution in [2.75, 3.05) is 40.4 Å². The average Bonchev–Trinajstić information content (AvgIpc) is 2.78. The van der Waals surface area contributed by atoms with Gasteiger partial charge in [-0.05, 0) is 63.5 Å². The second kappa shape index (κ2) is 21.1. The lowest BCUT2D eigenvalue weighted by molar-refractivity contribution is -0.123. The molecule has 0 saturated carbocycles. The topological polar surface area (TPSA) is 106 Å². The summed E-state index contributed by atoms with van der Waals surface area (Å²) in [5.41, 5.74) is 0.790. The molecule has 3 N–H and O–H groups in total. The van der Waals surface area contributed by atoms with Gasteiger partial charge in [-0.3, -0.25) is 4.79 Å². The van der Waals surface area contributed by atoms with Crippen molar-refractivity contribution in [2.24, 2.45) is 0 Å². The smallest absolute Gasteiger partial charge is 0.385 e. The molecule has 1 aromatic rings. The third-order valence-corrected chi connectivity index (χ3v) is 4.34. The van der Waals surface area contributed by atoms with E-state index in [1.54, 1.807) is 19.2 Å². The van der Waals surface area contributed by atoms with Crippen LogP contribution in [-0.4, -0.2) is 60.8 Å². The zero-order valence-electron chi connectivity index (χ0n) is 20.4. The highest BCUT2D eigenvalue weighted by Gasteiger charge is 2.18. The van der Waals surface area contributed by atoms with Gasteiger partial charge in [0.15, 0.2) is 0 Å². The van der Waals surface area contributed by atoms with Crippen LogP contribution in [0, 0.1) is 0 Å². The number of carbonyl (C=O) groups excluding carboxylic acids is 1. The number of carbonyl (C=O) groups is 1. The van der Waals surface area contributed by atoms with Crippen LogP contribution in [0.4, 0.5) is 3.89 Å². The minimum atomic E-state index is -5.05. The second-order valence-electron chi connectivity index (χ2n) is 6.28. The molecule has 0 saturated heterocycles. The van der Waals surface area contributed by atoms with Gasteiger partial charge in [-0.25, -0.2) is 0 Å². The van der Waals surface area contributed by atoms with Crippen molar-refractivity contribution in [3.63, 3.8) is 0 Å². The van der Waals surface area contributed by atoms with Crippen LogP contribution in [0.2, 0.25) is 0 Å². The Hall–Kier alpha value is -1.75. The minimum absolute atomic E-state index is 0.103. The van der Waals surface area contributed by atoms with Crippen LogP contribution in [0.15, 0.2) is 24.3 Å².